The highest BCUT2D eigenvalue weighted by Gasteiger charge is 2.22. The van der Waals surface area contributed by atoms with E-state index in [0.29, 0.717) is 13.2 Å². The molecule has 1 fully saturated rings. The lowest BCUT2D eigenvalue weighted by atomic mass is 10.2. The molecule has 1 heterocycles. The molecule has 1 atom stereocenters. The van der Waals surface area contributed by atoms with E-state index in [2.05, 4.69) is 20.8 Å². The maximum Gasteiger partial charge on any atom is 0.317 e. The van der Waals surface area contributed by atoms with Crippen LogP contribution >= 0.6 is 27.5 Å². The lowest BCUT2D eigenvalue weighted by molar-refractivity contribution is -0.138. The SMILES string of the molecule is CN(CC(=O)O)CC1CN(Cc2cc(Cl)ccc2Br)CCO1. The summed E-state index contributed by atoms with van der Waals surface area (Å²) in [5, 5.41) is 9.53. The third-order valence-corrected chi connectivity index (χ3v) is 4.55. The number of benzene rings is 1. The summed E-state index contributed by atoms with van der Waals surface area (Å²) >= 11 is 9.60. The molecule has 1 aliphatic heterocycles. The first-order valence-electron chi connectivity index (χ1n) is 7.12. The molecule has 1 aliphatic rings. The van der Waals surface area contributed by atoms with Crippen LogP contribution in [0.15, 0.2) is 22.7 Å². The van der Waals surface area contributed by atoms with Crippen molar-refractivity contribution >= 4 is 33.5 Å². The molecule has 1 aromatic rings. The van der Waals surface area contributed by atoms with Crippen molar-refractivity contribution in [3.8, 4) is 0 Å². The Bertz CT molecular complexity index is 530. The maximum absolute atomic E-state index is 10.7. The average Bonchev–Trinajstić information content (AvgIpc) is 2.42. The molecular formula is C15H20BrClN2O3. The molecule has 1 aromatic carbocycles. The molecule has 1 N–H and O–H groups in total. The Morgan fingerprint density at radius 1 is 1.59 bits per heavy atom. The Balaban J connectivity index is 1.90. The minimum Gasteiger partial charge on any atom is -0.480 e. The van der Waals surface area contributed by atoms with Crippen LogP contribution in [0.2, 0.25) is 5.02 Å². The second-order valence-corrected chi connectivity index (χ2v) is 6.84. The van der Waals surface area contributed by atoms with E-state index >= 15 is 0 Å². The molecule has 0 bridgehead atoms. The van der Waals surface area contributed by atoms with Gasteiger partial charge in [-0.2, -0.15) is 0 Å². The van der Waals surface area contributed by atoms with Gasteiger partial charge < -0.3 is 9.84 Å². The molecule has 2 rings (SSSR count). The minimum absolute atomic E-state index is 0.0241. The molecule has 0 amide bonds. The van der Waals surface area contributed by atoms with Gasteiger partial charge in [-0.1, -0.05) is 27.5 Å². The highest BCUT2D eigenvalue weighted by atomic mass is 79.9. The van der Waals surface area contributed by atoms with E-state index in [1.165, 1.54) is 0 Å². The first kappa shape index (κ1) is 17.7. The predicted octanol–water partition coefficient (Wildman–Crippen LogP) is 2.32. The van der Waals surface area contributed by atoms with Crippen molar-refractivity contribution in [3.05, 3.63) is 33.3 Å². The van der Waals surface area contributed by atoms with Gasteiger partial charge in [0.25, 0.3) is 0 Å². The number of halogens is 2. The van der Waals surface area contributed by atoms with E-state index in [9.17, 15) is 4.79 Å². The van der Waals surface area contributed by atoms with E-state index < -0.39 is 5.97 Å². The molecule has 0 radical (unpaired) electrons. The van der Waals surface area contributed by atoms with Gasteiger partial charge in [0.1, 0.15) is 0 Å². The zero-order valence-electron chi connectivity index (χ0n) is 12.5. The lowest BCUT2D eigenvalue weighted by Crippen LogP contribution is -2.47. The summed E-state index contributed by atoms with van der Waals surface area (Å²) in [6.07, 6.45) is 0.0241. The Hall–Kier alpha value is -0.660. The first-order valence-corrected chi connectivity index (χ1v) is 8.29. The Morgan fingerprint density at radius 3 is 3.09 bits per heavy atom. The number of hydrogen-bond acceptors (Lipinski definition) is 4. The van der Waals surface area contributed by atoms with Crippen molar-refractivity contribution in [2.75, 3.05) is 39.8 Å². The molecule has 122 valence electrons. The fourth-order valence-corrected chi connectivity index (χ4v) is 3.15. The second kappa shape index (κ2) is 8.26. The standard InChI is InChI=1S/C15H20BrClN2O3/c1-18(10-15(20)21)8-13-9-19(4-5-22-13)7-11-6-12(17)2-3-14(11)16/h2-3,6,13H,4-5,7-10H2,1H3,(H,20,21). The van der Waals surface area contributed by atoms with E-state index in [-0.39, 0.29) is 12.6 Å². The van der Waals surface area contributed by atoms with Crippen LogP contribution in [-0.2, 0) is 16.1 Å². The summed E-state index contributed by atoms with van der Waals surface area (Å²) in [4.78, 5) is 14.8. The summed E-state index contributed by atoms with van der Waals surface area (Å²) in [6, 6.07) is 5.78. The second-order valence-electron chi connectivity index (χ2n) is 5.55. The van der Waals surface area contributed by atoms with E-state index in [1.54, 1.807) is 11.9 Å². The maximum atomic E-state index is 10.7. The van der Waals surface area contributed by atoms with Crippen molar-refractivity contribution in [2.45, 2.75) is 12.6 Å². The fraction of sp³-hybridized carbons (Fsp3) is 0.533. The van der Waals surface area contributed by atoms with Crippen LogP contribution in [0.4, 0.5) is 0 Å². The number of rotatable bonds is 6. The van der Waals surface area contributed by atoms with Crippen LogP contribution in [0, 0.1) is 0 Å². The van der Waals surface area contributed by atoms with Crippen molar-refractivity contribution < 1.29 is 14.6 Å². The van der Waals surface area contributed by atoms with Gasteiger partial charge >= 0.3 is 5.97 Å². The zero-order chi connectivity index (χ0) is 16.1. The monoisotopic (exact) mass is 390 g/mol. The molecule has 1 unspecified atom stereocenters. The van der Waals surface area contributed by atoms with Gasteiger partial charge in [0, 0.05) is 35.7 Å². The number of nitrogens with zero attached hydrogens (tertiary/aromatic N) is 2. The van der Waals surface area contributed by atoms with E-state index in [4.69, 9.17) is 21.4 Å². The molecule has 0 saturated carbocycles. The van der Waals surface area contributed by atoms with Crippen LogP contribution < -0.4 is 0 Å². The topological polar surface area (TPSA) is 53.0 Å². The van der Waals surface area contributed by atoms with Crippen LogP contribution in [0.5, 0.6) is 0 Å². The molecule has 0 spiro atoms. The van der Waals surface area contributed by atoms with Gasteiger partial charge in [0.05, 0.1) is 19.3 Å². The van der Waals surface area contributed by atoms with Crippen molar-refractivity contribution in [2.24, 2.45) is 0 Å². The summed E-state index contributed by atoms with van der Waals surface area (Å²) in [5.41, 5.74) is 1.15. The first-order chi connectivity index (χ1) is 10.4. The largest absolute Gasteiger partial charge is 0.480 e. The summed E-state index contributed by atoms with van der Waals surface area (Å²) in [5.74, 6) is -0.821. The molecule has 1 saturated heterocycles. The number of carboxylic acid groups (broad SMARTS) is 1. The minimum atomic E-state index is -0.821. The van der Waals surface area contributed by atoms with E-state index in [1.807, 2.05) is 18.2 Å². The van der Waals surface area contributed by atoms with Gasteiger partial charge in [0.2, 0.25) is 0 Å². The predicted molar refractivity (Wildman–Crippen MR) is 89.3 cm³/mol. The zero-order valence-corrected chi connectivity index (χ0v) is 14.8. The smallest absolute Gasteiger partial charge is 0.317 e. The fourth-order valence-electron chi connectivity index (χ4n) is 2.58. The molecular weight excluding hydrogens is 372 g/mol. The number of likely N-dealkylation sites (N-methyl/N-ethyl adjacent to an activating group) is 1. The number of carbonyl (C=O) groups is 1. The molecule has 7 heteroatoms. The van der Waals surface area contributed by atoms with Crippen LogP contribution in [0.1, 0.15) is 5.56 Å². The van der Waals surface area contributed by atoms with Crippen molar-refractivity contribution in [1.82, 2.24) is 9.80 Å². The van der Waals surface area contributed by atoms with E-state index in [0.717, 1.165) is 34.7 Å². The number of aliphatic carboxylic acids is 1. The van der Waals surface area contributed by atoms with Gasteiger partial charge in [-0.25, -0.2) is 0 Å². The van der Waals surface area contributed by atoms with Crippen LogP contribution in [0.3, 0.4) is 0 Å². The Labute approximate surface area is 143 Å². The highest BCUT2D eigenvalue weighted by molar-refractivity contribution is 9.10. The molecule has 0 aromatic heterocycles. The third kappa shape index (κ3) is 5.52. The average molecular weight is 392 g/mol. The number of carboxylic acids is 1. The lowest BCUT2D eigenvalue weighted by Gasteiger charge is -2.34. The summed E-state index contributed by atoms with van der Waals surface area (Å²) in [6.45, 7) is 3.73. The van der Waals surface area contributed by atoms with Gasteiger partial charge in [-0.3, -0.25) is 14.6 Å². The van der Waals surface area contributed by atoms with Crippen LogP contribution in [0.25, 0.3) is 0 Å². The van der Waals surface area contributed by atoms with Crippen molar-refractivity contribution in [1.29, 1.82) is 0 Å². The quantitative estimate of drug-likeness (QED) is 0.806. The summed E-state index contributed by atoms with van der Waals surface area (Å²) in [7, 11) is 1.80. The number of morpholine rings is 1. The third-order valence-electron chi connectivity index (χ3n) is 3.55. The van der Waals surface area contributed by atoms with Gasteiger partial charge in [0.15, 0.2) is 0 Å². The molecule has 5 nitrogen and oxygen atoms in total. The van der Waals surface area contributed by atoms with Crippen molar-refractivity contribution in [3.63, 3.8) is 0 Å². The number of ether oxygens (including phenoxy) is 1. The van der Waals surface area contributed by atoms with Gasteiger partial charge in [-0.05, 0) is 30.8 Å². The number of hydrogen-bond donors (Lipinski definition) is 1. The molecule has 0 aliphatic carbocycles. The highest BCUT2D eigenvalue weighted by Crippen LogP contribution is 2.23. The Kier molecular flexibility index (Phi) is 6.65. The molecule has 22 heavy (non-hydrogen) atoms. The van der Waals surface area contributed by atoms with Crippen LogP contribution in [-0.4, -0.2) is 66.8 Å². The normalized spacial score (nSPS) is 19.5. The van der Waals surface area contributed by atoms with Gasteiger partial charge in [-0.15, -0.1) is 0 Å². The summed E-state index contributed by atoms with van der Waals surface area (Å²) < 4.78 is 6.78. The Morgan fingerprint density at radius 2 is 2.36 bits per heavy atom.